The first-order valence-electron chi connectivity index (χ1n) is 7.47. The van der Waals surface area contributed by atoms with E-state index in [2.05, 4.69) is 33.5 Å². The van der Waals surface area contributed by atoms with E-state index in [0.29, 0.717) is 5.92 Å². The number of hydrogen-bond donors (Lipinski definition) is 1. The van der Waals surface area contributed by atoms with Crippen LogP contribution in [0, 0.1) is 11.8 Å². The summed E-state index contributed by atoms with van der Waals surface area (Å²) in [6.07, 6.45) is 5.65. The van der Waals surface area contributed by atoms with Gasteiger partial charge in [-0.05, 0) is 31.1 Å². The number of nitrogens with two attached hydrogens (primary N) is 1. The van der Waals surface area contributed by atoms with Crippen LogP contribution in [-0.2, 0) is 13.1 Å². The van der Waals surface area contributed by atoms with Crippen LogP contribution in [0.4, 0.5) is 0 Å². The number of fused-ring (bicyclic) bond motifs is 1. The molecule has 1 aromatic rings. The lowest BCUT2D eigenvalue weighted by Crippen LogP contribution is -2.61. The van der Waals surface area contributed by atoms with E-state index in [1.165, 1.54) is 19.3 Å². The molecular weight excluding hydrogens is 238 g/mol. The summed E-state index contributed by atoms with van der Waals surface area (Å²) in [5, 5.41) is 8.26. The van der Waals surface area contributed by atoms with Crippen LogP contribution in [0.15, 0.2) is 6.33 Å². The Kier molecular flexibility index (Phi) is 3.35. The van der Waals surface area contributed by atoms with E-state index in [-0.39, 0.29) is 5.54 Å². The molecule has 2 N–H and O–H groups in total. The molecule has 2 heterocycles. The van der Waals surface area contributed by atoms with Gasteiger partial charge in [0.1, 0.15) is 12.2 Å². The van der Waals surface area contributed by atoms with Crippen molar-refractivity contribution < 1.29 is 0 Å². The van der Waals surface area contributed by atoms with E-state index < -0.39 is 0 Å². The molecule has 1 aliphatic carbocycles. The van der Waals surface area contributed by atoms with E-state index in [1.54, 1.807) is 0 Å². The minimum atomic E-state index is 0.170. The Bertz CT molecular complexity index is 443. The monoisotopic (exact) mass is 263 g/mol. The lowest BCUT2D eigenvalue weighted by Gasteiger charge is -2.52. The Morgan fingerprint density at radius 3 is 3.00 bits per heavy atom. The van der Waals surface area contributed by atoms with Crippen molar-refractivity contribution in [1.29, 1.82) is 0 Å². The van der Waals surface area contributed by atoms with Gasteiger partial charge >= 0.3 is 0 Å². The minimum Gasteiger partial charge on any atom is -0.329 e. The molecule has 1 aliphatic heterocycles. The first-order chi connectivity index (χ1) is 9.15. The Morgan fingerprint density at radius 1 is 1.42 bits per heavy atom. The van der Waals surface area contributed by atoms with Crippen LogP contribution in [0.1, 0.15) is 38.9 Å². The van der Waals surface area contributed by atoms with E-state index in [1.807, 2.05) is 6.33 Å². The van der Waals surface area contributed by atoms with Gasteiger partial charge < -0.3 is 10.3 Å². The fraction of sp³-hybridized carbons (Fsp3) is 0.857. The SMILES string of the molecule is CC1CCC(CN)(N2CCn3cnnc3C2)C(C)C1. The molecule has 3 rings (SSSR count). The molecule has 3 unspecified atom stereocenters. The molecule has 0 bridgehead atoms. The standard InChI is InChI=1S/C14H25N5/c1-11-3-4-14(9-15,12(2)7-11)19-6-5-18-10-16-17-13(18)8-19/h10-12H,3-9,15H2,1-2H3. The summed E-state index contributed by atoms with van der Waals surface area (Å²) in [6, 6.07) is 0. The molecule has 1 aromatic heterocycles. The zero-order chi connectivity index (χ0) is 13.5. The number of hydrogen-bond acceptors (Lipinski definition) is 4. The van der Waals surface area contributed by atoms with Crippen LogP contribution in [-0.4, -0.2) is 38.3 Å². The van der Waals surface area contributed by atoms with Crippen LogP contribution >= 0.6 is 0 Å². The fourth-order valence-corrected chi connectivity index (χ4v) is 4.03. The van der Waals surface area contributed by atoms with Crippen molar-refractivity contribution in [2.75, 3.05) is 13.1 Å². The van der Waals surface area contributed by atoms with Crippen LogP contribution in [0.2, 0.25) is 0 Å². The topological polar surface area (TPSA) is 60.0 Å². The van der Waals surface area contributed by atoms with Crippen molar-refractivity contribution in [3.8, 4) is 0 Å². The molecule has 106 valence electrons. The van der Waals surface area contributed by atoms with Gasteiger partial charge in [0, 0.05) is 25.2 Å². The van der Waals surface area contributed by atoms with Gasteiger partial charge in [0.15, 0.2) is 0 Å². The molecule has 0 aromatic carbocycles. The maximum atomic E-state index is 6.22. The molecule has 19 heavy (non-hydrogen) atoms. The molecular formula is C14H25N5. The summed E-state index contributed by atoms with van der Waals surface area (Å²) in [5.74, 6) is 2.59. The van der Waals surface area contributed by atoms with Gasteiger partial charge in [-0.1, -0.05) is 13.8 Å². The van der Waals surface area contributed by atoms with Crippen molar-refractivity contribution in [1.82, 2.24) is 19.7 Å². The summed E-state index contributed by atoms with van der Waals surface area (Å²) in [5.41, 5.74) is 6.39. The van der Waals surface area contributed by atoms with Gasteiger partial charge in [0.25, 0.3) is 0 Å². The first-order valence-corrected chi connectivity index (χ1v) is 7.47. The highest BCUT2D eigenvalue weighted by Crippen LogP contribution is 2.41. The predicted molar refractivity (Wildman–Crippen MR) is 74.4 cm³/mol. The van der Waals surface area contributed by atoms with Crippen molar-refractivity contribution in [2.24, 2.45) is 17.6 Å². The van der Waals surface area contributed by atoms with Crippen molar-refractivity contribution in [3.05, 3.63) is 12.2 Å². The molecule has 5 heteroatoms. The Labute approximate surface area is 115 Å². The fourth-order valence-electron chi connectivity index (χ4n) is 4.03. The molecule has 1 fully saturated rings. The summed E-state index contributed by atoms with van der Waals surface area (Å²) in [7, 11) is 0. The van der Waals surface area contributed by atoms with Crippen LogP contribution in [0.25, 0.3) is 0 Å². The number of rotatable bonds is 2. The Balaban J connectivity index is 1.83. The third-order valence-corrected chi connectivity index (χ3v) is 5.37. The lowest BCUT2D eigenvalue weighted by atomic mass is 9.68. The van der Waals surface area contributed by atoms with E-state index in [9.17, 15) is 0 Å². The predicted octanol–water partition coefficient (Wildman–Crippen LogP) is 1.25. The maximum absolute atomic E-state index is 6.22. The highest BCUT2D eigenvalue weighted by molar-refractivity contribution is 5.03. The van der Waals surface area contributed by atoms with Gasteiger partial charge in [-0.15, -0.1) is 10.2 Å². The van der Waals surface area contributed by atoms with Crippen molar-refractivity contribution >= 4 is 0 Å². The summed E-state index contributed by atoms with van der Waals surface area (Å²) in [6.45, 7) is 8.46. The first kappa shape index (κ1) is 13.1. The van der Waals surface area contributed by atoms with E-state index >= 15 is 0 Å². The number of aromatic nitrogens is 3. The molecule has 1 saturated carbocycles. The smallest absolute Gasteiger partial charge is 0.147 e. The Hall–Kier alpha value is -0.940. The van der Waals surface area contributed by atoms with Gasteiger partial charge in [0.2, 0.25) is 0 Å². The van der Waals surface area contributed by atoms with Crippen LogP contribution in [0.5, 0.6) is 0 Å². The van der Waals surface area contributed by atoms with Gasteiger partial charge in [-0.3, -0.25) is 4.90 Å². The molecule has 3 atom stereocenters. The molecule has 0 radical (unpaired) electrons. The molecule has 0 saturated heterocycles. The average Bonchev–Trinajstić information content (AvgIpc) is 2.87. The highest BCUT2D eigenvalue weighted by Gasteiger charge is 2.44. The quantitative estimate of drug-likeness (QED) is 0.872. The van der Waals surface area contributed by atoms with Crippen LogP contribution in [0.3, 0.4) is 0 Å². The van der Waals surface area contributed by atoms with Crippen molar-refractivity contribution in [2.45, 2.75) is 51.7 Å². The average molecular weight is 263 g/mol. The third kappa shape index (κ3) is 2.09. The third-order valence-electron chi connectivity index (χ3n) is 5.37. The zero-order valence-electron chi connectivity index (χ0n) is 12.0. The summed E-state index contributed by atoms with van der Waals surface area (Å²) < 4.78 is 2.16. The molecule has 5 nitrogen and oxygen atoms in total. The lowest BCUT2D eigenvalue weighted by molar-refractivity contribution is -0.0184. The van der Waals surface area contributed by atoms with Crippen LogP contribution < -0.4 is 5.73 Å². The highest BCUT2D eigenvalue weighted by atomic mass is 15.3. The normalized spacial score (nSPS) is 36.2. The molecule has 2 aliphatic rings. The van der Waals surface area contributed by atoms with Crippen molar-refractivity contribution in [3.63, 3.8) is 0 Å². The van der Waals surface area contributed by atoms with Gasteiger partial charge in [-0.25, -0.2) is 0 Å². The van der Waals surface area contributed by atoms with E-state index in [4.69, 9.17) is 5.73 Å². The summed E-state index contributed by atoms with van der Waals surface area (Å²) >= 11 is 0. The molecule has 0 amide bonds. The minimum absolute atomic E-state index is 0.170. The largest absolute Gasteiger partial charge is 0.329 e. The maximum Gasteiger partial charge on any atom is 0.147 e. The van der Waals surface area contributed by atoms with Gasteiger partial charge in [-0.2, -0.15) is 0 Å². The van der Waals surface area contributed by atoms with E-state index in [0.717, 1.165) is 37.9 Å². The van der Waals surface area contributed by atoms with Gasteiger partial charge in [0.05, 0.1) is 6.54 Å². The second-order valence-corrected chi connectivity index (χ2v) is 6.45. The summed E-state index contributed by atoms with van der Waals surface area (Å²) in [4.78, 5) is 2.58. The Morgan fingerprint density at radius 2 is 2.26 bits per heavy atom. The number of nitrogens with zero attached hydrogens (tertiary/aromatic N) is 4. The second-order valence-electron chi connectivity index (χ2n) is 6.45. The zero-order valence-corrected chi connectivity index (χ0v) is 12.0. The molecule has 0 spiro atoms. The second kappa shape index (κ2) is 4.87.